The van der Waals surface area contributed by atoms with Gasteiger partial charge in [0, 0.05) is 13.1 Å². The number of unbranched alkanes of at least 4 members (excludes halogenated alkanes) is 1. The Hall–Kier alpha value is -0.610. The Kier molecular flexibility index (Phi) is 5.85. The smallest absolute Gasteiger partial charge is 0.240 e. The van der Waals surface area contributed by atoms with Gasteiger partial charge in [-0.1, -0.05) is 19.8 Å². The fourth-order valence-corrected chi connectivity index (χ4v) is 3.56. The highest BCUT2D eigenvalue weighted by Gasteiger charge is 2.36. The molecular weight excluding hydrogens is 250 g/mol. The van der Waals surface area contributed by atoms with Crippen molar-refractivity contribution in [1.82, 2.24) is 10.2 Å². The summed E-state index contributed by atoms with van der Waals surface area (Å²) in [6, 6.07) is 0. The number of nitrogens with one attached hydrogen (secondary N) is 1. The van der Waals surface area contributed by atoms with Gasteiger partial charge >= 0.3 is 0 Å². The second-order valence-corrected chi connectivity index (χ2v) is 6.87. The number of hydrogen-bond donors (Lipinski definition) is 2. The lowest BCUT2D eigenvalue weighted by molar-refractivity contribution is -0.126. The summed E-state index contributed by atoms with van der Waals surface area (Å²) in [5, 5.41) is 3.03. The molecule has 1 saturated carbocycles. The van der Waals surface area contributed by atoms with E-state index in [1.54, 1.807) is 0 Å². The van der Waals surface area contributed by atoms with E-state index in [-0.39, 0.29) is 5.91 Å². The van der Waals surface area contributed by atoms with Crippen molar-refractivity contribution in [2.24, 2.45) is 11.7 Å². The first kappa shape index (κ1) is 15.8. The van der Waals surface area contributed by atoms with Crippen molar-refractivity contribution >= 4 is 5.91 Å². The minimum atomic E-state index is -0.567. The van der Waals surface area contributed by atoms with Crippen LogP contribution >= 0.6 is 0 Å². The van der Waals surface area contributed by atoms with Crippen LogP contribution in [0, 0.1) is 5.92 Å². The lowest BCUT2D eigenvalue weighted by atomic mass is 9.98. The molecule has 116 valence electrons. The third-order valence-electron chi connectivity index (χ3n) is 4.88. The number of carbonyl (C=O) groups is 1. The second kappa shape index (κ2) is 7.41. The Morgan fingerprint density at radius 2 is 2.05 bits per heavy atom. The van der Waals surface area contributed by atoms with E-state index in [9.17, 15) is 4.79 Å². The zero-order valence-corrected chi connectivity index (χ0v) is 13.0. The predicted octanol–water partition coefficient (Wildman–Crippen LogP) is 1.89. The molecule has 2 fully saturated rings. The molecule has 4 nitrogen and oxygen atoms in total. The summed E-state index contributed by atoms with van der Waals surface area (Å²) >= 11 is 0. The average Bonchev–Trinajstić information content (AvgIpc) is 2.86. The van der Waals surface area contributed by atoms with Crippen LogP contribution in [-0.2, 0) is 4.79 Å². The molecule has 2 aliphatic rings. The van der Waals surface area contributed by atoms with E-state index in [1.807, 2.05) is 0 Å². The van der Waals surface area contributed by atoms with Gasteiger partial charge in [-0.15, -0.1) is 0 Å². The summed E-state index contributed by atoms with van der Waals surface area (Å²) in [6.07, 6.45) is 8.85. The molecule has 1 aliphatic heterocycles. The second-order valence-electron chi connectivity index (χ2n) is 6.87. The van der Waals surface area contributed by atoms with E-state index in [2.05, 4.69) is 17.1 Å². The molecule has 0 radical (unpaired) electrons. The number of carbonyl (C=O) groups excluding carboxylic acids is 1. The Morgan fingerprint density at radius 1 is 1.30 bits per heavy atom. The number of amides is 1. The average molecular weight is 281 g/mol. The first-order valence-electron chi connectivity index (χ1n) is 8.40. The number of rotatable bonds is 6. The predicted molar refractivity (Wildman–Crippen MR) is 82.5 cm³/mol. The van der Waals surface area contributed by atoms with E-state index in [1.165, 1.54) is 38.9 Å². The van der Waals surface area contributed by atoms with Crippen molar-refractivity contribution in [3.8, 4) is 0 Å². The van der Waals surface area contributed by atoms with Crippen LogP contribution in [0.15, 0.2) is 0 Å². The van der Waals surface area contributed by atoms with Crippen molar-refractivity contribution < 1.29 is 4.79 Å². The molecule has 3 N–H and O–H groups in total. The van der Waals surface area contributed by atoms with Crippen molar-refractivity contribution in [2.45, 2.75) is 63.8 Å². The van der Waals surface area contributed by atoms with E-state index < -0.39 is 5.54 Å². The first-order chi connectivity index (χ1) is 9.60. The summed E-state index contributed by atoms with van der Waals surface area (Å²) < 4.78 is 0. The van der Waals surface area contributed by atoms with Crippen molar-refractivity contribution in [3.05, 3.63) is 0 Å². The lowest BCUT2D eigenvalue weighted by Gasteiger charge is -2.30. The molecule has 1 heterocycles. The molecule has 4 heteroatoms. The molecule has 1 saturated heterocycles. The van der Waals surface area contributed by atoms with Crippen LogP contribution in [0.2, 0.25) is 0 Å². The fraction of sp³-hybridized carbons (Fsp3) is 0.938. The van der Waals surface area contributed by atoms with E-state index >= 15 is 0 Å². The fourth-order valence-electron chi connectivity index (χ4n) is 3.56. The third-order valence-corrected chi connectivity index (χ3v) is 4.88. The number of hydrogen-bond acceptors (Lipinski definition) is 3. The van der Waals surface area contributed by atoms with Crippen LogP contribution in [-0.4, -0.2) is 42.5 Å². The van der Waals surface area contributed by atoms with Crippen LogP contribution in [0.5, 0.6) is 0 Å². The molecule has 1 amide bonds. The van der Waals surface area contributed by atoms with Gasteiger partial charge in [-0.2, -0.15) is 0 Å². The minimum Gasteiger partial charge on any atom is -0.355 e. The van der Waals surface area contributed by atoms with Crippen LogP contribution in [0.25, 0.3) is 0 Å². The molecule has 0 bridgehead atoms. The molecule has 0 spiro atoms. The summed E-state index contributed by atoms with van der Waals surface area (Å²) in [5.74, 6) is 0.921. The molecule has 1 atom stereocenters. The maximum Gasteiger partial charge on any atom is 0.240 e. The van der Waals surface area contributed by atoms with Crippen molar-refractivity contribution in [1.29, 1.82) is 0 Å². The SMILES string of the molecule is CC1CCCN(CCCCNC(=O)C2(N)CCCC2)C1. The summed E-state index contributed by atoms with van der Waals surface area (Å²) in [4.78, 5) is 14.6. The zero-order valence-electron chi connectivity index (χ0n) is 13.0. The summed E-state index contributed by atoms with van der Waals surface area (Å²) in [5.41, 5.74) is 5.56. The molecule has 0 aromatic heterocycles. The number of nitrogens with two attached hydrogens (primary N) is 1. The van der Waals surface area contributed by atoms with Gasteiger partial charge in [0.05, 0.1) is 5.54 Å². The number of piperidine rings is 1. The first-order valence-corrected chi connectivity index (χ1v) is 8.40. The number of likely N-dealkylation sites (tertiary alicyclic amines) is 1. The van der Waals surface area contributed by atoms with Crippen LogP contribution in [0.4, 0.5) is 0 Å². The standard InChI is InChI=1S/C16H31N3O/c1-14-7-6-12-19(13-14)11-5-4-10-18-15(20)16(17)8-2-3-9-16/h14H,2-13,17H2,1H3,(H,18,20). The Bertz CT molecular complexity index is 313. The molecule has 0 aromatic rings. The Morgan fingerprint density at radius 3 is 2.75 bits per heavy atom. The minimum absolute atomic E-state index is 0.0709. The van der Waals surface area contributed by atoms with Gasteiger partial charge in [-0.25, -0.2) is 0 Å². The molecule has 1 unspecified atom stereocenters. The molecule has 2 rings (SSSR count). The highest BCUT2D eigenvalue weighted by Crippen LogP contribution is 2.27. The maximum atomic E-state index is 12.0. The van der Waals surface area contributed by atoms with Crippen LogP contribution in [0.3, 0.4) is 0 Å². The van der Waals surface area contributed by atoms with Gasteiger partial charge in [-0.05, 0) is 57.5 Å². The van der Waals surface area contributed by atoms with Gasteiger partial charge < -0.3 is 16.0 Å². The van der Waals surface area contributed by atoms with E-state index in [0.29, 0.717) is 0 Å². The van der Waals surface area contributed by atoms with Gasteiger partial charge in [0.25, 0.3) is 0 Å². The topological polar surface area (TPSA) is 58.4 Å². The quantitative estimate of drug-likeness (QED) is 0.731. The molecule has 0 aromatic carbocycles. The zero-order chi connectivity index (χ0) is 14.4. The molecular formula is C16H31N3O. The van der Waals surface area contributed by atoms with Crippen LogP contribution in [0.1, 0.15) is 58.3 Å². The number of nitrogens with zero attached hydrogens (tertiary/aromatic N) is 1. The van der Waals surface area contributed by atoms with Gasteiger partial charge in [-0.3, -0.25) is 4.79 Å². The van der Waals surface area contributed by atoms with Gasteiger partial charge in [0.2, 0.25) is 5.91 Å². The normalized spacial score (nSPS) is 26.6. The monoisotopic (exact) mass is 281 g/mol. The third kappa shape index (κ3) is 4.45. The maximum absolute atomic E-state index is 12.0. The van der Waals surface area contributed by atoms with Crippen molar-refractivity contribution in [2.75, 3.05) is 26.2 Å². The highest BCUT2D eigenvalue weighted by molar-refractivity contribution is 5.86. The van der Waals surface area contributed by atoms with Crippen LogP contribution < -0.4 is 11.1 Å². The van der Waals surface area contributed by atoms with Crippen molar-refractivity contribution in [3.63, 3.8) is 0 Å². The Labute approximate surface area is 123 Å². The Balaban J connectivity index is 1.54. The summed E-state index contributed by atoms with van der Waals surface area (Å²) in [7, 11) is 0. The van der Waals surface area contributed by atoms with E-state index in [4.69, 9.17) is 5.73 Å². The molecule has 20 heavy (non-hydrogen) atoms. The highest BCUT2D eigenvalue weighted by atomic mass is 16.2. The summed E-state index contributed by atoms with van der Waals surface area (Å²) in [6.45, 7) is 6.80. The van der Waals surface area contributed by atoms with Gasteiger partial charge in [0.15, 0.2) is 0 Å². The largest absolute Gasteiger partial charge is 0.355 e. The molecule has 1 aliphatic carbocycles. The van der Waals surface area contributed by atoms with E-state index in [0.717, 1.165) is 44.6 Å². The van der Waals surface area contributed by atoms with Gasteiger partial charge in [0.1, 0.15) is 0 Å². The lowest BCUT2D eigenvalue weighted by Crippen LogP contribution is -2.52.